The van der Waals surface area contributed by atoms with Gasteiger partial charge in [-0.3, -0.25) is 4.79 Å². The molecule has 0 radical (unpaired) electrons. The van der Waals surface area contributed by atoms with Crippen molar-refractivity contribution in [1.82, 2.24) is 0 Å². The first-order valence-corrected chi connectivity index (χ1v) is 4.96. The highest BCUT2D eigenvalue weighted by Crippen LogP contribution is 2.29. The van der Waals surface area contributed by atoms with E-state index in [-0.39, 0.29) is 0 Å². The van der Waals surface area contributed by atoms with Crippen molar-refractivity contribution in [2.75, 3.05) is 0 Å². The molecule has 1 aromatic heterocycles. The van der Waals surface area contributed by atoms with Gasteiger partial charge in [-0.25, -0.2) is 0 Å². The minimum atomic E-state index is 0.647. The fourth-order valence-corrected chi connectivity index (χ4v) is 2.44. The fraction of sp³-hybridized carbons (Fsp3) is 0.0909. The van der Waals surface area contributed by atoms with Crippen LogP contribution in [-0.4, -0.2) is 6.29 Å². The predicted molar refractivity (Wildman–Crippen MR) is 56.7 cm³/mol. The maximum atomic E-state index is 10.9. The van der Waals surface area contributed by atoms with Crippen molar-refractivity contribution in [3.05, 3.63) is 34.2 Å². The predicted octanol–water partition coefficient (Wildman–Crippen LogP) is 2.89. The molecule has 0 spiro atoms. The first-order valence-electron chi connectivity index (χ1n) is 4.14. The van der Waals surface area contributed by atoms with Gasteiger partial charge in [0.05, 0.1) is 0 Å². The second kappa shape index (κ2) is 3.24. The Kier molecular flexibility index (Phi) is 2.06. The summed E-state index contributed by atoms with van der Waals surface area (Å²) in [5.41, 5.74) is 1.66. The standard InChI is InChI=1S/C11H7NOS/c1-7-2-3-8-4-9(5-12)14-11(8)10(7)6-13/h2-4,6H,1H3. The molecule has 68 valence electrons. The quantitative estimate of drug-likeness (QED) is 0.665. The average Bonchev–Trinajstić information content (AvgIpc) is 2.60. The van der Waals surface area contributed by atoms with E-state index in [9.17, 15) is 4.79 Å². The fourth-order valence-electron chi connectivity index (χ4n) is 1.42. The molecule has 3 heteroatoms. The molecule has 0 saturated carbocycles. The van der Waals surface area contributed by atoms with Crippen molar-refractivity contribution in [3.63, 3.8) is 0 Å². The minimum absolute atomic E-state index is 0.647. The Balaban J connectivity index is 2.87. The summed E-state index contributed by atoms with van der Waals surface area (Å²) >= 11 is 1.37. The molecule has 2 aromatic rings. The van der Waals surface area contributed by atoms with Crippen molar-refractivity contribution >= 4 is 27.7 Å². The molecule has 1 heterocycles. The Morgan fingerprint density at radius 3 is 2.93 bits per heavy atom. The second-order valence-electron chi connectivity index (χ2n) is 3.05. The maximum Gasteiger partial charge on any atom is 0.151 e. The van der Waals surface area contributed by atoms with Crippen LogP contribution < -0.4 is 0 Å². The lowest BCUT2D eigenvalue weighted by molar-refractivity contribution is 0.112. The Hall–Kier alpha value is -1.66. The van der Waals surface area contributed by atoms with Gasteiger partial charge in [-0.05, 0) is 23.9 Å². The average molecular weight is 201 g/mol. The molecular formula is C11H7NOS. The van der Waals surface area contributed by atoms with Crippen LogP contribution in [0.2, 0.25) is 0 Å². The highest BCUT2D eigenvalue weighted by atomic mass is 32.1. The molecule has 0 saturated heterocycles. The Bertz CT molecular complexity index is 548. The Morgan fingerprint density at radius 2 is 2.29 bits per heavy atom. The molecule has 0 aliphatic carbocycles. The molecule has 0 unspecified atom stereocenters. The molecule has 0 aliphatic heterocycles. The van der Waals surface area contributed by atoms with E-state index in [1.165, 1.54) is 11.3 Å². The number of nitrogens with zero attached hydrogens (tertiary/aromatic N) is 1. The van der Waals surface area contributed by atoms with Crippen LogP contribution in [-0.2, 0) is 0 Å². The summed E-state index contributed by atoms with van der Waals surface area (Å²) in [5, 5.41) is 9.72. The van der Waals surface area contributed by atoms with Crippen LogP contribution in [0.3, 0.4) is 0 Å². The van der Waals surface area contributed by atoms with Crippen molar-refractivity contribution < 1.29 is 4.79 Å². The maximum absolute atomic E-state index is 10.9. The molecule has 2 nitrogen and oxygen atoms in total. The van der Waals surface area contributed by atoms with Gasteiger partial charge in [0.25, 0.3) is 0 Å². The normalized spacial score (nSPS) is 10.0. The van der Waals surface area contributed by atoms with Crippen LogP contribution in [0.25, 0.3) is 10.1 Å². The number of carbonyl (C=O) groups is 1. The zero-order chi connectivity index (χ0) is 10.1. The highest BCUT2D eigenvalue weighted by molar-refractivity contribution is 7.19. The molecule has 14 heavy (non-hydrogen) atoms. The number of carbonyl (C=O) groups excluding carboxylic acids is 1. The number of aldehydes is 1. The molecule has 0 bridgehead atoms. The number of rotatable bonds is 1. The molecule has 0 atom stereocenters. The van der Waals surface area contributed by atoms with E-state index in [0.717, 1.165) is 21.9 Å². The van der Waals surface area contributed by atoms with E-state index in [4.69, 9.17) is 5.26 Å². The van der Waals surface area contributed by atoms with E-state index in [1.54, 1.807) is 0 Å². The summed E-state index contributed by atoms with van der Waals surface area (Å²) < 4.78 is 0.913. The van der Waals surface area contributed by atoms with Gasteiger partial charge in [0.15, 0.2) is 6.29 Å². The number of hydrogen-bond acceptors (Lipinski definition) is 3. The molecular weight excluding hydrogens is 194 g/mol. The Labute approximate surface area is 85.4 Å². The van der Waals surface area contributed by atoms with Crippen molar-refractivity contribution in [1.29, 1.82) is 5.26 Å². The summed E-state index contributed by atoms with van der Waals surface area (Å²) in [4.78, 5) is 11.5. The van der Waals surface area contributed by atoms with E-state index < -0.39 is 0 Å². The summed E-state index contributed by atoms with van der Waals surface area (Å²) in [6.45, 7) is 1.90. The van der Waals surface area contributed by atoms with Crippen LogP contribution in [0.1, 0.15) is 20.8 Å². The van der Waals surface area contributed by atoms with Gasteiger partial charge >= 0.3 is 0 Å². The molecule has 0 aliphatic rings. The van der Waals surface area contributed by atoms with Gasteiger partial charge in [-0.2, -0.15) is 5.26 Å². The first kappa shape index (κ1) is 8.92. The van der Waals surface area contributed by atoms with Crippen molar-refractivity contribution in [2.24, 2.45) is 0 Å². The van der Waals surface area contributed by atoms with Gasteiger partial charge in [0.1, 0.15) is 10.9 Å². The number of aryl methyl sites for hydroxylation is 1. The number of nitriles is 1. The first-order chi connectivity index (χ1) is 6.76. The van der Waals surface area contributed by atoms with E-state index >= 15 is 0 Å². The minimum Gasteiger partial charge on any atom is -0.298 e. The molecule has 0 amide bonds. The topological polar surface area (TPSA) is 40.9 Å². The Morgan fingerprint density at radius 1 is 1.50 bits per heavy atom. The molecule has 0 N–H and O–H groups in total. The highest BCUT2D eigenvalue weighted by Gasteiger charge is 2.07. The third-order valence-electron chi connectivity index (χ3n) is 2.17. The van der Waals surface area contributed by atoms with Crippen LogP contribution in [0, 0.1) is 18.3 Å². The summed E-state index contributed by atoms with van der Waals surface area (Å²) in [6, 6.07) is 7.74. The number of benzene rings is 1. The lowest BCUT2D eigenvalue weighted by Crippen LogP contribution is -1.84. The van der Waals surface area contributed by atoms with Crippen LogP contribution in [0.4, 0.5) is 0 Å². The molecule has 2 rings (SSSR count). The summed E-state index contributed by atoms with van der Waals surface area (Å²) in [5.74, 6) is 0. The lowest BCUT2D eigenvalue weighted by Gasteiger charge is -1.97. The monoisotopic (exact) mass is 201 g/mol. The second-order valence-corrected chi connectivity index (χ2v) is 4.11. The van der Waals surface area contributed by atoms with E-state index in [0.29, 0.717) is 10.4 Å². The number of fused-ring (bicyclic) bond motifs is 1. The van der Waals surface area contributed by atoms with Crippen LogP contribution >= 0.6 is 11.3 Å². The summed E-state index contributed by atoms with van der Waals surface area (Å²) in [6.07, 6.45) is 0.856. The van der Waals surface area contributed by atoms with Gasteiger partial charge < -0.3 is 0 Å². The molecule has 0 fully saturated rings. The van der Waals surface area contributed by atoms with Gasteiger partial charge in [0, 0.05) is 10.3 Å². The van der Waals surface area contributed by atoms with E-state index in [1.807, 2.05) is 25.1 Å². The third-order valence-corrected chi connectivity index (χ3v) is 3.26. The van der Waals surface area contributed by atoms with Crippen molar-refractivity contribution in [2.45, 2.75) is 6.92 Å². The number of hydrogen-bond donors (Lipinski definition) is 0. The molecule has 1 aromatic carbocycles. The van der Waals surface area contributed by atoms with Gasteiger partial charge in [-0.15, -0.1) is 11.3 Å². The SMILES string of the molecule is Cc1ccc2cc(C#N)sc2c1C=O. The van der Waals surface area contributed by atoms with Crippen molar-refractivity contribution in [3.8, 4) is 6.07 Å². The largest absolute Gasteiger partial charge is 0.298 e. The van der Waals surface area contributed by atoms with Crippen LogP contribution in [0.15, 0.2) is 18.2 Å². The smallest absolute Gasteiger partial charge is 0.151 e. The zero-order valence-corrected chi connectivity index (χ0v) is 8.39. The zero-order valence-electron chi connectivity index (χ0n) is 7.57. The van der Waals surface area contributed by atoms with Gasteiger partial charge in [-0.1, -0.05) is 12.1 Å². The van der Waals surface area contributed by atoms with Crippen LogP contribution in [0.5, 0.6) is 0 Å². The van der Waals surface area contributed by atoms with E-state index in [2.05, 4.69) is 6.07 Å². The van der Waals surface area contributed by atoms with Gasteiger partial charge in [0.2, 0.25) is 0 Å². The summed E-state index contributed by atoms with van der Waals surface area (Å²) in [7, 11) is 0. The number of thiophene rings is 1. The lowest BCUT2D eigenvalue weighted by atomic mass is 10.1. The third kappa shape index (κ3) is 1.21.